The minimum absolute atomic E-state index is 0.00780. The van der Waals surface area contributed by atoms with Crippen LogP contribution in [0.5, 0.6) is 0 Å². The summed E-state index contributed by atoms with van der Waals surface area (Å²) in [4.78, 5) is 22.8. The Balaban J connectivity index is 1.99. The molecule has 0 aromatic carbocycles. The number of nitrogens with one attached hydrogen (secondary N) is 2. The molecule has 0 saturated carbocycles. The second-order valence-corrected chi connectivity index (χ2v) is 5.08. The van der Waals surface area contributed by atoms with Gasteiger partial charge in [0, 0.05) is 19.0 Å². The average Bonchev–Trinajstić information content (AvgIpc) is 2.67. The van der Waals surface area contributed by atoms with Crippen LogP contribution in [0.1, 0.15) is 17.8 Å². The van der Waals surface area contributed by atoms with Gasteiger partial charge in [0.05, 0.1) is 30.3 Å². The number of morpholine rings is 1. The lowest BCUT2D eigenvalue weighted by Crippen LogP contribution is -2.43. The Morgan fingerprint density at radius 2 is 2.29 bits per heavy atom. The monoisotopic (exact) mass is 296 g/mol. The fourth-order valence-corrected chi connectivity index (χ4v) is 2.32. The number of aromatic nitrogens is 2. The number of aryl methyl sites for hydroxylation is 1. The van der Waals surface area contributed by atoms with Gasteiger partial charge < -0.3 is 20.5 Å². The summed E-state index contributed by atoms with van der Waals surface area (Å²) >= 11 is 0. The molecular weight excluding hydrogens is 276 g/mol. The highest BCUT2D eigenvalue weighted by atomic mass is 16.5. The summed E-state index contributed by atoms with van der Waals surface area (Å²) < 4.78 is 6.67. The molecule has 1 amide bonds. The van der Waals surface area contributed by atoms with E-state index in [9.17, 15) is 9.59 Å². The molecule has 2 heterocycles. The molecule has 1 fully saturated rings. The van der Waals surface area contributed by atoms with E-state index in [2.05, 4.69) is 15.7 Å². The van der Waals surface area contributed by atoms with Crippen LogP contribution in [-0.4, -0.2) is 52.6 Å². The van der Waals surface area contributed by atoms with Crippen LogP contribution in [0.3, 0.4) is 0 Å². The number of aliphatic carboxylic acids is 1. The van der Waals surface area contributed by atoms with Gasteiger partial charge in [0.2, 0.25) is 5.91 Å². The predicted molar refractivity (Wildman–Crippen MR) is 75.2 cm³/mol. The molecule has 116 valence electrons. The fourth-order valence-electron chi connectivity index (χ4n) is 2.32. The quantitative estimate of drug-likeness (QED) is 0.701. The smallest absolute Gasteiger partial charge is 0.325 e. The van der Waals surface area contributed by atoms with Gasteiger partial charge in [-0.2, -0.15) is 5.10 Å². The fraction of sp³-hybridized carbons (Fsp3) is 0.615. The molecule has 21 heavy (non-hydrogen) atoms. The number of carbonyl (C=O) groups is 2. The maximum atomic E-state index is 12.1. The number of rotatable bonds is 5. The van der Waals surface area contributed by atoms with Crippen molar-refractivity contribution in [3.05, 3.63) is 11.4 Å². The Hall–Kier alpha value is -1.93. The van der Waals surface area contributed by atoms with Crippen LogP contribution < -0.4 is 10.6 Å². The molecule has 0 radical (unpaired) electrons. The normalized spacial score (nSPS) is 18.5. The molecule has 2 rings (SSSR count). The molecule has 0 aliphatic carbocycles. The van der Waals surface area contributed by atoms with Crippen LogP contribution in [-0.2, 0) is 20.9 Å². The van der Waals surface area contributed by atoms with Crippen molar-refractivity contribution in [2.24, 2.45) is 0 Å². The Labute approximate surface area is 122 Å². The van der Waals surface area contributed by atoms with E-state index in [0.717, 1.165) is 6.54 Å². The van der Waals surface area contributed by atoms with Crippen molar-refractivity contribution in [2.75, 3.05) is 25.1 Å². The summed E-state index contributed by atoms with van der Waals surface area (Å²) in [6.45, 7) is 5.18. The molecule has 1 aliphatic rings. The second-order valence-electron chi connectivity index (χ2n) is 5.08. The minimum atomic E-state index is -0.970. The van der Waals surface area contributed by atoms with Crippen molar-refractivity contribution in [1.82, 2.24) is 15.1 Å². The number of hydrogen-bond acceptors (Lipinski definition) is 5. The zero-order chi connectivity index (χ0) is 15.4. The number of carboxylic acids is 1. The zero-order valence-electron chi connectivity index (χ0n) is 12.2. The summed E-state index contributed by atoms with van der Waals surface area (Å²) in [6.07, 6.45) is 0.309. The first-order chi connectivity index (χ1) is 9.97. The largest absolute Gasteiger partial charge is 0.480 e. The molecule has 1 saturated heterocycles. The van der Waals surface area contributed by atoms with Gasteiger partial charge in [0.25, 0.3) is 0 Å². The molecule has 1 aliphatic heterocycles. The molecule has 0 unspecified atom stereocenters. The molecule has 3 N–H and O–H groups in total. The van der Waals surface area contributed by atoms with E-state index in [1.165, 1.54) is 4.68 Å². The third-order valence-corrected chi connectivity index (χ3v) is 3.36. The van der Waals surface area contributed by atoms with Crippen LogP contribution in [0.4, 0.5) is 5.69 Å². The van der Waals surface area contributed by atoms with Crippen molar-refractivity contribution in [2.45, 2.75) is 32.9 Å². The predicted octanol–water partition coefficient (Wildman–Crippen LogP) is -0.0985. The van der Waals surface area contributed by atoms with Crippen LogP contribution in [0.2, 0.25) is 0 Å². The molecule has 1 aromatic rings. The van der Waals surface area contributed by atoms with Gasteiger partial charge in [0.1, 0.15) is 6.54 Å². The van der Waals surface area contributed by atoms with Gasteiger partial charge in [-0.3, -0.25) is 14.3 Å². The summed E-state index contributed by atoms with van der Waals surface area (Å²) in [5, 5.41) is 19.0. The molecular formula is C13H20N4O4. The van der Waals surface area contributed by atoms with E-state index >= 15 is 0 Å². The first-order valence-corrected chi connectivity index (χ1v) is 6.84. The van der Waals surface area contributed by atoms with E-state index in [4.69, 9.17) is 9.84 Å². The van der Waals surface area contributed by atoms with E-state index in [1.807, 2.05) is 0 Å². The first-order valence-electron chi connectivity index (χ1n) is 6.84. The van der Waals surface area contributed by atoms with Gasteiger partial charge in [-0.25, -0.2) is 0 Å². The number of nitrogens with zero attached hydrogens (tertiary/aromatic N) is 2. The van der Waals surface area contributed by atoms with Gasteiger partial charge >= 0.3 is 5.97 Å². The number of carbonyl (C=O) groups excluding carboxylic acids is 1. The maximum Gasteiger partial charge on any atom is 0.325 e. The molecule has 8 nitrogen and oxygen atoms in total. The highest BCUT2D eigenvalue weighted by Crippen LogP contribution is 2.19. The third kappa shape index (κ3) is 4.02. The van der Waals surface area contributed by atoms with Crippen LogP contribution in [0.25, 0.3) is 0 Å². The zero-order valence-corrected chi connectivity index (χ0v) is 12.2. The summed E-state index contributed by atoms with van der Waals surface area (Å²) in [7, 11) is 0. The highest BCUT2D eigenvalue weighted by molar-refractivity contribution is 5.92. The summed E-state index contributed by atoms with van der Waals surface area (Å²) in [5.41, 5.74) is 1.82. The van der Waals surface area contributed by atoms with Gasteiger partial charge in [0.15, 0.2) is 0 Å². The van der Waals surface area contributed by atoms with E-state index in [-0.39, 0.29) is 18.5 Å². The lowest BCUT2D eigenvalue weighted by Gasteiger charge is -2.23. The van der Waals surface area contributed by atoms with Gasteiger partial charge in [-0.05, 0) is 13.8 Å². The topological polar surface area (TPSA) is 105 Å². The van der Waals surface area contributed by atoms with Crippen molar-refractivity contribution in [3.63, 3.8) is 0 Å². The van der Waals surface area contributed by atoms with E-state index in [1.54, 1.807) is 13.8 Å². The van der Waals surface area contributed by atoms with Gasteiger partial charge in [-0.15, -0.1) is 0 Å². The lowest BCUT2D eigenvalue weighted by atomic mass is 10.2. The van der Waals surface area contributed by atoms with Crippen LogP contribution >= 0.6 is 0 Å². The van der Waals surface area contributed by atoms with Crippen molar-refractivity contribution in [3.8, 4) is 0 Å². The van der Waals surface area contributed by atoms with Crippen LogP contribution in [0, 0.1) is 13.8 Å². The first kappa shape index (κ1) is 15.5. The average molecular weight is 296 g/mol. The lowest BCUT2D eigenvalue weighted by molar-refractivity contribution is -0.137. The van der Waals surface area contributed by atoms with Crippen molar-refractivity contribution < 1.29 is 19.4 Å². The summed E-state index contributed by atoms with van der Waals surface area (Å²) in [5.74, 6) is -1.11. The number of anilines is 1. The molecule has 0 spiro atoms. The standard InChI is InChI=1S/C13H20N4O4/c1-8-13(9(2)17(16-8)6-12(19)20)15-11(18)5-10-7-21-4-3-14-10/h10,14H,3-7H2,1-2H3,(H,15,18)(H,19,20)/t10-/m0/s1. The summed E-state index contributed by atoms with van der Waals surface area (Å²) in [6, 6.07) is 0.00780. The molecule has 8 heteroatoms. The second kappa shape index (κ2) is 6.68. The Bertz CT molecular complexity index is 535. The highest BCUT2D eigenvalue weighted by Gasteiger charge is 2.20. The Morgan fingerprint density at radius 3 is 2.90 bits per heavy atom. The van der Waals surface area contributed by atoms with E-state index in [0.29, 0.717) is 36.7 Å². The van der Waals surface area contributed by atoms with Gasteiger partial charge in [-0.1, -0.05) is 0 Å². The Kier molecular flexibility index (Phi) is 4.92. The number of ether oxygens (including phenoxy) is 1. The SMILES string of the molecule is Cc1nn(CC(=O)O)c(C)c1NC(=O)C[C@H]1COCCN1. The number of amides is 1. The number of hydrogen-bond donors (Lipinski definition) is 3. The molecule has 1 aromatic heterocycles. The van der Waals surface area contributed by atoms with E-state index < -0.39 is 5.97 Å². The molecule has 0 bridgehead atoms. The Morgan fingerprint density at radius 1 is 1.52 bits per heavy atom. The van der Waals surface area contributed by atoms with Crippen molar-refractivity contribution >= 4 is 17.6 Å². The number of carboxylic acid groups (broad SMARTS) is 1. The third-order valence-electron chi connectivity index (χ3n) is 3.36. The molecule has 1 atom stereocenters. The minimum Gasteiger partial charge on any atom is -0.480 e. The van der Waals surface area contributed by atoms with Crippen molar-refractivity contribution in [1.29, 1.82) is 0 Å². The van der Waals surface area contributed by atoms with Crippen LogP contribution in [0.15, 0.2) is 0 Å². The maximum absolute atomic E-state index is 12.1.